The normalized spacial score (nSPS) is 13.1. The molecule has 1 atom stereocenters. The van der Waals surface area contributed by atoms with E-state index in [9.17, 15) is 0 Å². The lowest BCUT2D eigenvalue weighted by Gasteiger charge is -2.04. The maximum Gasteiger partial charge on any atom is 0.131 e. The minimum absolute atomic E-state index is 0.338. The van der Waals surface area contributed by atoms with Crippen LogP contribution < -0.4 is 5.73 Å². The fraction of sp³-hybridized carbons (Fsp3) is 0.222. The van der Waals surface area contributed by atoms with Gasteiger partial charge in [-0.05, 0) is 35.0 Å². The van der Waals surface area contributed by atoms with Gasteiger partial charge in [0.2, 0.25) is 0 Å². The van der Waals surface area contributed by atoms with Crippen LogP contribution in [0, 0.1) is 6.92 Å². The molecule has 3 N–H and O–H groups in total. The van der Waals surface area contributed by atoms with Gasteiger partial charge in [0.05, 0.1) is 6.20 Å². The minimum atomic E-state index is -0.338. The van der Waals surface area contributed by atoms with Gasteiger partial charge in [0.25, 0.3) is 0 Å². The number of H-pyrrole nitrogens is 1. The number of aromatic nitrogens is 2. The van der Waals surface area contributed by atoms with E-state index in [4.69, 9.17) is 10.2 Å². The van der Waals surface area contributed by atoms with Crippen molar-refractivity contribution >= 4 is 15.9 Å². The summed E-state index contributed by atoms with van der Waals surface area (Å²) >= 11 is 3.27. The van der Waals surface area contributed by atoms with Crippen molar-refractivity contribution in [3.8, 4) is 0 Å². The van der Waals surface area contributed by atoms with Crippen LogP contribution in [0.2, 0.25) is 0 Å². The highest BCUT2D eigenvalue weighted by molar-refractivity contribution is 9.10. The average molecular weight is 256 g/mol. The second-order valence-electron chi connectivity index (χ2n) is 3.04. The number of halogens is 1. The largest absolute Gasteiger partial charge is 0.464 e. The molecule has 0 spiro atoms. The lowest BCUT2D eigenvalue weighted by atomic mass is 10.2. The van der Waals surface area contributed by atoms with Crippen molar-refractivity contribution in [3.05, 3.63) is 40.3 Å². The molecule has 0 radical (unpaired) electrons. The standard InChI is InChI=1S/C9H10BrN3O/c1-5-2-3-6(14-5)8(11)9-12-4-7(10)13-9/h2-4,8H,11H2,1H3,(H,12,13). The van der Waals surface area contributed by atoms with Crippen LogP contribution in [0.25, 0.3) is 0 Å². The molecule has 0 aromatic carbocycles. The molecule has 0 amide bonds. The topological polar surface area (TPSA) is 67.8 Å². The number of rotatable bonds is 2. The smallest absolute Gasteiger partial charge is 0.131 e. The van der Waals surface area contributed by atoms with Crippen LogP contribution >= 0.6 is 15.9 Å². The number of aryl methyl sites for hydroxylation is 1. The Bertz CT molecular complexity index is 394. The second kappa shape index (κ2) is 3.59. The van der Waals surface area contributed by atoms with Crippen LogP contribution in [0.5, 0.6) is 0 Å². The van der Waals surface area contributed by atoms with Crippen LogP contribution in [0.3, 0.4) is 0 Å². The van der Waals surface area contributed by atoms with E-state index in [0.717, 1.165) is 10.4 Å². The van der Waals surface area contributed by atoms with E-state index in [-0.39, 0.29) is 6.04 Å². The number of furan rings is 1. The zero-order valence-corrected chi connectivity index (χ0v) is 9.21. The van der Waals surface area contributed by atoms with Gasteiger partial charge in [0.1, 0.15) is 28.0 Å². The first-order chi connectivity index (χ1) is 6.66. The molecule has 0 bridgehead atoms. The van der Waals surface area contributed by atoms with Gasteiger partial charge in [-0.2, -0.15) is 0 Å². The van der Waals surface area contributed by atoms with Gasteiger partial charge in [-0.15, -0.1) is 0 Å². The van der Waals surface area contributed by atoms with Crippen LogP contribution in [-0.4, -0.2) is 9.97 Å². The third-order valence-electron chi connectivity index (χ3n) is 1.93. The summed E-state index contributed by atoms with van der Waals surface area (Å²) in [7, 11) is 0. The molecule has 0 aliphatic rings. The summed E-state index contributed by atoms with van der Waals surface area (Å²) in [5.74, 6) is 2.25. The van der Waals surface area contributed by atoms with Gasteiger partial charge in [-0.3, -0.25) is 0 Å². The fourth-order valence-electron chi connectivity index (χ4n) is 1.23. The predicted molar refractivity (Wildman–Crippen MR) is 55.8 cm³/mol. The molecule has 2 aromatic rings. The Hall–Kier alpha value is -1.07. The van der Waals surface area contributed by atoms with E-state index in [1.54, 1.807) is 6.20 Å². The molecule has 1 unspecified atom stereocenters. The molecule has 2 aromatic heterocycles. The Labute approximate surface area is 89.6 Å². The quantitative estimate of drug-likeness (QED) is 0.864. The van der Waals surface area contributed by atoms with Crippen molar-refractivity contribution in [3.63, 3.8) is 0 Å². The summed E-state index contributed by atoms with van der Waals surface area (Å²) in [4.78, 5) is 7.12. The van der Waals surface area contributed by atoms with Crippen molar-refractivity contribution in [1.82, 2.24) is 9.97 Å². The molecule has 0 aliphatic carbocycles. The van der Waals surface area contributed by atoms with Crippen LogP contribution in [0.4, 0.5) is 0 Å². The van der Waals surface area contributed by atoms with E-state index in [1.165, 1.54) is 0 Å². The first-order valence-corrected chi connectivity index (χ1v) is 4.98. The molecule has 5 heteroatoms. The summed E-state index contributed by atoms with van der Waals surface area (Å²) < 4.78 is 6.22. The van der Waals surface area contributed by atoms with E-state index in [2.05, 4.69) is 25.9 Å². The van der Waals surface area contributed by atoms with Crippen molar-refractivity contribution in [2.45, 2.75) is 13.0 Å². The molecule has 2 heterocycles. The molecule has 4 nitrogen and oxygen atoms in total. The zero-order valence-electron chi connectivity index (χ0n) is 7.62. The van der Waals surface area contributed by atoms with E-state index in [0.29, 0.717) is 11.6 Å². The van der Waals surface area contributed by atoms with Crippen molar-refractivity contribution in [1.29, 1.82) is 0 Å². The van der Waals surface area contributed by atoms with Crippen LogP contribution in [0.1, 0.15) is 23.4 Å². The van der Waals surface area contributed by atoms with E-state index < -0.39 is 0 Å². The lowest BCUT2D eigenvalue weighted by Crippen LogP contribution is -2.12. The minimum Gasteiger partial charge on any atom is -0.464 e. The molecule has 0 saturated carbocycles. The van der Waals surface area contributed by atoms with Crippen LogP contribution in [-0.2, 0) is 0 Å². The number of aromatic amines is 1. The molecule has 0 aliphatic heterocycles. The second-order valence-corrected chi connectivity index (χ2v) is 3.90. The third kappa shape index (κ3) is 1.73. The summed E-state index contributed by atoms with van der Waals surface area (Å²) in [5, 5.41) is 0. The molecule has 0 saturated heterocycles. The molecule has 0 fully saturated rings. The Morgan fingerprint density at radius 1 is 1.57 bits per heavy atom. The monoisotopic (exact) mass is 255 g/mol. The maximum atomic E-state index is 5.93. The molecule has 2 rings (SSSR count). The molecule has 14 heavy (non-hydrogen) atoms. The van der Waals surface area contributed by atoms with Crippen LogP contribution in [0.15, 0.2) is 27.3 Å². The highest BCUT2D eigenvalue weighted by Crippen LogP contribution is 2.20. The number of imidazole rings is 1. The molecular formula is C9H10BrN3O. The van der Waals surface area contributed by atoms with Gasteiger partial charge in [0.15, 0.2) is 0 Å². The predicted octanol–water partition coefficient (Wildman–Crippen LogP) is 2.12. The lowest BCUT2D eigenvalue weighted by molar-refractivity contribution is 0.461. The summed E-state index contributed by atoms with van der Waals surface area (Å²) in [6.45, 7) is 1.88. The summed E-state index contributed by atoms with van der Waals surface area (Å²) in [6, 6.07) is 3.40. The Morgan fingerprint density at radius 3 is 2.86 bits per heavy atom. The van der Waals surface area contributed by atoms with Gasteiger partial charge >= 0.3 is 0 Å². The van der Waals surface area contributed by atoms with Crippen molar-refractivity contribution in [2.24, 2.45) is 5.73 Å². The number of nitrogens with zero attached hydrogens (tertiary/aromatic N) is 1. The Morgan fingerprint density at radius 2 is 2.36 bits per heavy atom. The van der Waals surface area contributed by atoms with Gasteiger partial charge in [-0.25, -0.2) is 4.98 Å². The number of hydrogen-bond donors (Lipinski definition) is 2. The first-order valence-electron chi connectivity index (χ1n) is 4.19. The van der Waals surface area contributed by atoms with Crippen molar-refractivity contribution < 1.29 is 4.42 Å². The summed E-state index contributed by atoms with van der Waals surface area (Å²) in [6.07, 6.45) is 1.67. The zero-order chi connectivity index (χ0) is 10.1. The summed E-state index contributed by atoms with van der Waals surface area (Å²) in [5.41, 5.74) is 5.93. The Balaban J connectivity index is 2.28. The first kappa shape index (κ1) is 9.48. The highest BCUT2D eigenvalue weighted by Gasteiger charge is 2.15. The molecular weight excluding hydrogens is 246 g/mol. The third-order valence-corrected chi connectivity index (χ3v) is 2.33. The number of nitrogens with one attached hydrogen (secondary N) is 1. The Kier molecular flexibility index (Phi) is 2.43. The number of nitrogens with two attached hydrogens (primary N) is 1. The SMILES string of the molecule is Cc1ccc(C(N)c2ncc(Br)[nH]2)o1. The van der Waals surface area contributed by atoms with Gasteiger partial charge in [-0.1, -0.05) is 0 Å². The maximum absolute atomic E-state index is 5.93. The van der Waals surface area contributed by atoms with Crippen molar-refractivity contribution in [2.75, 3.05) is 0 Å². The average Bonchev–Trinajstić information content (AvgIpc) is 2.73. The van der Waals surface area contributed by atoms with Gasteiger partial charge in [0, 0.05) is 0 Å². The molecule has 74 valence electrons. The fourth-order valence-corrected chi connectivity index (χ4v) is 1.53. The van der Waals surface area contributed by atoms with Gasteiger partial charge < -0.3 is 15.1 Å². The number of hydrogen-bond acceptors (Lipinski definition) is 3. The highest BCUT2D eigenvalue weighted by atomic mass is 79.9. The van der Waals surface area contributed by atoms with E-state index in [1.807, 2.05) is 19.1 Å². The van der Waals surface area contributed by atoms with E-state index >= 15 is 0 Å².